The number of carbonyl (C=O) groups is 2. The van der Waals surface area contributed by atoms with Crippen LogP contribution in [0.2, 0.25) is 0 Å². The summed E-state index contributed by atoms with van der Waals surface area (Å²) in [5, 5.41) is 0. The summed E-state index contributed by atoms with van der Waals surface area (Å²) in [7, 11) is -3.63. The van der Waals surface area contributed by atoms with Crippen LogP contribution in [0.4, 0.5) is 5.69 Å². The third kappa shape index (κ3) is 4.05. The molecule has 30 heavy (non-hydrogen) atoms. The lowest BCUT2D eigenvalue weighted by molar-refractivity contribution is -0.134. The Labute approximate surface area is 177 Å². The van der Waals surface area contributed by atoms with Crippen molar-refractivity contribution in [3.8, 4) is 5.75 Å². The second kappa shape index (κ2) is 8.19. The maximum atomic E-state index is 13.0. The van der Waals surface area contributed by atoms with Crippen molar-refractivity contribution in [2.45, 2.75) is 38.0 Å². The standard InChI is InChI=1S/C21H29N3O5S/c1-15-9-16(2)12-22(11-15)20(25)13-24-18-10-17(5-6-19(18)29-14-21(24)26)30(27,28)23-7-3-4-8-23/h5-6,10,15-16H,3-4,7-9,11-14H2,1-2H3. The number of carbonyl (C=O) groups excluding carboxylic acids is 2. The van der Waals surface area contributed by atoms with E-state index in [-0.39, 0.29) is 29.9 Å². The van der Waals surface area contributed by atoms with Crippen LogP contribution in [0.15, 0.2) is 23.1 Å². The normalized spacial score (nSPS) is 25.2. The van der Waals surface area contributed by atoms with Crippen molar-refractivity contribution < 1.29 is 22.7 Å². The van der Waals surface area contributed by atoms with Gasteiger partial charge in [-0.25, -0.2) is 8.42 Å². The molecule has 8 nitrogen and oxygen atoms in total. The number of rotatable bonds is 4. The molecule has 0 spiro atoms. The number of anilines is 1. The van der Waals surface area contributed by atoms with E-state index in [0.29, 0.717) is 49.5 Å². The highest BCUT2D eigenvalue weighted by Gasteiger charge is 2.34. The van der Waals surface area contributed by atoms with Crippen molar-refractivity contribution in [2.75, 3.05) is 44.2 Å². The predicted octanol–water partition coefficient (Wildman–Crippen LogP) is 1.70. The molecule has 2 unspecified atom stereocenters. The van der Waals surface area contributed by atoms with Crippen LogP contribution in [0.25, 0.3) is 0 Å². The molecule has 3 heterocycles. The van der Waals surface area contributed by atoms with Gasteiger partial charge in [0.05, 0.1) is 10.6 Å². The fourth-order valence-electron chi connectivity index (χ4n) is 4.70. The van der Waals surface area contributed by atoms with E-state index in [9.17, 15) is 18.0 Å². The number of benzene rings is 1. The number of likely N-dealkylation sites (tertiary alicyclic amines) is 1. The van der Waals surface area contributed by atoms with E-state index >= 15 is 0 Å². The Kier molecular flexibility index (Phi) is 5.76. The number of ether oxygens (including phenoxy) is 1. The fourth-order valence-corrected chi connectivity index (χ4v) is 6.23. The van der Waals surface area contributed by atoms with Gasteiger partial charge in [-0.2, -0.15) is 4.31 Å². The average Bonchev–Trinajstić information content (AvgIpc) is 3.24. The summed E-state index contributed by atoms with van der Waals surface area (Å²) in [6.07, 6.45) is 2.78. The molecule has 2 amide bonds. The molecule has 3 aliphatic heterocycles. The molecule has 0 N–H and O–H groups in total. The lowest BCUT2D eigenvalue weighted by Gasteiger charge is -2.37. The van der Waals surface area contributed by atoms with E-state index in [1.165, 1.54) is 21.3 Å². The largest absolute Gasteiger partial charge is 0.482 e. The first-order valence-electron chi connectivity index (χ1n) is 10.6. The zero-order valence-corrected chi connectivity index (χ0v) is 18.4. The maximum Gasteiger partial charge on any atom is 0.265 e. The van der Waals surface area contributed by atoms with E-state index in [2.05, 4.69) is 13.8 Å². The quantitative estimate of drug-likeness (QED) is 0.718. The zero-order chi connectivity index (χ0) is 21.5. The second-order valence-corrected chi connectivity index (χ2v) is 10.7. The summed E-state index contributed by atoms with van der Waals surface area (Å²) in [6, 6.07) is 4.55. The highest BCUT2D eigenvalue weighted by molar-refractivity contribution is 7.89. The number of hydrogen-bond donors (Lipinski definition) is 0. The van der Waals surface area contributed by atoms with Gasteiger partial charge in [0.1, 0.15) is 12.3 Å². The SMILES string of the molecule is CC1CC(C)CN(C(=O)CN2C(=O)COc3ccc(S(=O)(=O)N4CCCC4)cc32)C1. The average molecular weight is 436 g/mol. The van der Waals surface area contributed by atoms with Gasteiger partial charge in [0.2, 0.25) is 15.9 Å². The lowest BCUT2D eigenvalue weighted by Crippen LogP contribution is -2.50. The zero-order valence-electron chi connectivity index (χ0n) is 17.5. The Balaban J connectivity index is 1.60. The smallest absolute Gasteiger partial charge is 0.265 e. The molecular formula is C21H29N3O5S. The molecule has 9 heteroatoms. The van der Waals surface area contributed by atoms with Gasteiger partial charge in [-0.3, -0.25) is 14.5 Å². The molecule has 1 aromatic rings. The fraction of sp³-hybridized carbons (Fsp3) is 0.619. The van der Waals surface area contributed by atoms with Gasteiger partial charge in [-0.1, -0.05) is 13.8 Å². The van der Waals surface area contributed by atoms with Crippen LogP contribution < -0.4 is 9.64 Å². The molecule has 3 aliphatic rings. The summed E-state index contributed by atoms with van der Waals surface area (Å²) in [5.41, 5.74) is 0.345. The number of amides is 2. The van der Waals surface area contributed by atoms with Crippen LogP contribution in [0.3, 0.4) is 0 Å². The minimum atomic E-state index is -3.63. The van der Waals surface area contributed by atoms with Gasteiger partial charge in [-0.05, 0) is 49.3 Å². The second-order valence-electron chi connectivity index (χ2n) is 8.75. The van der Waals surface area contributed by atoms with Crippen molar-refractivity contribution >= 4 is 27.5 Å². The van der Waals surface area contributed by atoms with E-state index in [1.807, 2.05) is 4.90 Å². The van der Waals surface area contributed by atoms with Gasteiger partial charge in [-0.15, -0.1) is 0 Å². The molecule has 0 bridgehead atoms. The Bertz CT molecular complexity index is 932. The summed E-state index contributed by atoms with van der Waals surface area (Å²) in [5.74, 6) is 0.792. The Morgan fingerprint density at radius 3 is 2.47 bits per heavy atom. The first-order valence-corrected chi connectivity index (χ1v) is 12.0. The van der Waals surface area contributed by atoms with Crippen LogP contribution in [0.5, 0.6) is 5.75 Å². The molecule has 2 atom stereocenters. The van der Waals surface area contributed by atoms with Crippen molar-refractivity contribution in [1.29, 1.82) is 0 Å². The van der Waals surface area contributed by atoms with Crippen LogP contribution in [0.1, 0.15) is 33.1 Å². The third-order valence-corrected chi connectivity index (χ3v) is 7.99. The van der Waals surface area contributed by atoms with E-state index in [4.69, 9.17) is 4.74 Å². The van der Waals surface area contributed by atoms with Gasteiger partial charge < -0.3 is 9.64 Å². The van der Waals surface area contributed by atoms with Crippen LogP contribution in [-0.4, -0.2) is 68.8 Å². The van der Waals surface area contributed by atoms with Gasteiger partial charge in [0, 0.05) is 26.2 Å². The van der Waals surface area contributed by atoms with Gasteiger partial charge >= 0.3 is 0 Å². The molecule has 4 rings (SSSR count). The Hall–Kier alpha value is -2.13. The Morgan fingerprint density at radius 2 is 1.80 bits per heavy atom. The molecule has 0 aliphatic carbocycles. The molecule has 0 aromatic heterocycles. The van der Waals surface area contributed by atoms with Crippen molar-refractivity contribution in [3.63, 3.8) is 0 Å². The van der Waals surface area contributed by atoms with E-state index < -0.39 is 10.0 Å². The molecule has 2 saturated heterocycles. The first kappa shape index (κ1) is 21.1. The monoisotopic (exact) mass is 435 g/mol. The number of fused-ring (bicyclic) bond motifs is 1. The minimum absolute atomic E-state index is 0.109. The first-order chi connectivity index (χ1) is 14.3. The van der Waals surface area contributed by atoms with E-state index in [0.717, 1.165) is 19.3 Å². The minimum Gasteiger partial charge on any atom is -0.482 e. The van der Waals surface area contributed by atoms with Gasteiger partial charge in [0.15, 0.2) is 6.61 Å². The summed E-state index contributed by atoms with van der Waals surface area (Å²) >= 11 is 0. The topological polar surface area (TPSA) is 87.2 Å². The molecule has 1 aromatic carbocycles. The number of nitrogens with zero attached hydrogens (tertiary/aromatic N) is 3. The molecule has 2 fully saturated rings. The summed E-state index contributed by atoms with van der Waals surface area (Å²) in [6.45, 7) is 6.34. The third-order valence-electron chi connectivity index (χ3n) is 6.09. The van der Waals surface area contributed by atoms with E-state index in [1.54, 1.807) is 6.07 Å². The van der Waals surface area contributed by atoms with Crippen molar-refractivity contribution in [3.05, 3.63) is 18.2 Å². The highest BCUT2D eigenvalue weighted by atomic mass is 32.2. The maximum absolute atomic E-state index is 13.0. The lowest BCUT2D eigenvalue weighted by atomic mass is 9.92. The molecular weight excluding hydrogens is 406 g/mol. The molecule has 0 saturated carbocycles. The molecule has 164 valence electrons. The number of piperidine rings is 1. The predicted molar refractivity (Wildman–Crippen MR) is 112 cm³/mol. The van der Waals surface area contributed by atoms with Crippen LogP contribution >= 0.6 is 0 Å². The summed E-state index contributed by atoms with van der Waals surface area (Å²) in [4.78, 5) is 28.9. The Morgan fingerprint density at radius 1 is 1.13 bits per heavy atom. The molecule has 0 radical (unpaired) electrons. The van der Waals surface area contributed by atoms with Crippen molar-refractivity contribution in [1.82, 2.24) is 9.21 Å². The summed E-state index contributed by atoms with van der Waals surface area (Å²) < 4.78 is 32.9. The van der Waals surface area contributed by atoms with Crippen LogP contribution in [-0.2, 0) is 19.6 Å². The number of sulfonamides is 1. The number of hydrogen-bond acceptors (Lipinski definition) is 5. The highest BCUT2D eigenvalue weighted by Crippen LogP contribution is 2.35. The van der Waals surface area contributed by atoms with Gasteiger partial charge in [0.25, 0.3) is 5.91 Å². The van der Waals surface area contributed by atoms with Crippen LogP contribution in [0, 0.1) is 11.8 Å². The van der Waals surface area contributed by atoms with Crippen molar-refractivity contribution in [2.24, 2.45) is 11.8 Å².